The molecular weight excluding hydrogens is 458 g/mol. The maximum Gasteiger partial charge on any atom is 0.397 e. The van der Waals surface area contributed by atoms with Gasteiger partial charge >= 0.3 is 10.4 Å². The minimum Gasteiger partial charge on any atom is -0.394 e. The average Bonchev–Trinajstić information content (AvgIpc) is 2.70. The average molecular weight is 487 g/mol. The van der Waals surface area contributed by atoms with Crippen LogP contribution >= 0.6 is 0 Å². The molecular formula is C17H29NO13S. The fourth-order valence-electron chi connectivity index (χ4n) is 3.44. The lowest BCUT2D eigenvalue weighted by Gasteiger charge is -2.47. The summed E-state index contributed by atoms with van der Waals surface area (Å²) in [7, 11) is -5.12. The SMILES string of the molecule is C=CCO[C@H]1O[C@@H](C)[C@@H](O)[C@@H](O[C@@H]2O[C@H](CO)[C@@H](O)[C@H](OS(=O)(=O)O)[C@H]2NC(C)=O)[C@@H]1O. The first-order valence-electron chi connectivity index (χ1n) is 9.66. The van der Waals surface area contributed by atoms with Crippen molar-refractivity contribution in [3.63, 3.8) is 0 Å². The summed E-state index contributed by atoms with van der Waals surface area (Å²) in [6.45, 7) is 5.23. The molecule has 32 heavy (non-hydrogen) atoms. The van der Waals surface area contributed by atoms with E-state index in [1.54, 1.807) is 0 Å². The van der Waals surface area contributed by atoms with Gasteiger partial charge in [0.05, 0.1) is 19.3 Å². The van der Waals surface area contributed by atoms with Gasteiger partial charge in [0, 0.05) is 6.92 Å². The molecule has 14 nitrogen and oxygen atoms in total. The highest BCUT2D eigenvalue weighted by Crippen LogP contribution is 2.31. The van der Waals surface area contributed by atoms with Gasteiger partial charge in [-0.3, -0.25) is 9.35 Å². The van der Waals surface area contributed by atoms with E-state index in [2.05, 4.69) is 16.1 Å². The lowest BCUT2D eigenvalue weighted by molar-refractivity contribution is -0.341. The van der Waals surface area contributed by atoms with E-state index in [0.717, 1.165) is 6.92 Å². The first kappa shape index (κ1) is 27.0. The third-order valence-electron chi connectivity index (χ3n) is 4.91. The highest BCUT2D eigenvalue weighted by molar-refractivity contribution is 7.80. The van der Waals surface area contributed by atoms with Crippen molar-refractivity contribution in [3.8, 4) is 0 Å². The third-order valence-corrected chi connectivity index (χ3v) is 5.37. The van der Waals surface area contributed by atoms with Crippen molar-refractivity contribution < 1.29 is 61.3 Å². The zero-order chi connectivity index (χ0) is 24.2. The van der Waals surface area contributed by atoms with E-state index in [4.69, 9.17) is 23.5 Å². The Morgan fingerprint density at radius 1 is 1.12 bits per heavy atom. The maximum absolute atomic E-state index is 11.7. The van der Waals surface area contributed by atoms with Gasteiger partial charge in [-0.25, -0.2) is 4.18 Å². The van der Waals surface area contributed by atoms with Gasteiger partial charge in [-0.05, 0) is 6.92 Å². The lowest BCUT2D eigenvalue weighted by atomic mass is 9.95. The van der Waals surface area contributed by atoms with Crippen molar-refractivity contribution in [3.05, 3.63) is 12.7 Å². The minimum atomic E-state index is -5.12. The summed E-state index contributed by atoms with van der Waals surface area (Å²) in [6.07, 6.45) is -11.9. The molecule has 0 aromatic rings. The van der Waals surface area contributed by atoms with Gasteiger partial charge in [0.2, 0.25) is 5.91 Å². The Morgan fingerprint density at radius 3 is 2.31 bits per heavy atom. The molecule has 2 saturated heterocycles. The largest absolute Gasteiger partial charge is 0.397 e. The normalized spacial score (nSPS) is 40.6. The van der Waals surface area contributed by atoms with Crippen LogP contribution in [0.3, 0.4) is 0 Å². The van der Waals surface area contributed by atoms with Crippen LogP contribution in [0.5, 0.6) is 0 Å². The number of nitrogens with one attached hydrogen (secondary N) is 1. The summed E-state index contributed by atoms with van der Waals surface area (Å²) in [5.41, 5.74) is 0. The number of hydrogen-bond donors (Lipinski definition) is 6. The number of carbonyl (C=O) groups excluding carboxylic acids is 1. The second-order valence-electron chi connectivity index (χ2n) is 7.34. The number of rotatable bonds is 9. The molecule has 0 unspecified atom stereocenters. The first-order chi connectivity index (χ1) is 14.9. The molecule has 10 atom stereocenters. The Bertz CT molecular complexity index is 749. The van der Waals surface area contributed by atoms with Crippen LogP contribution in [0.2, 0.25) is 0 Å². The summed E-state index contributed by atoms with van der Waals surface area (Å²) < 4.78 is 58.0. The smallest absolute Gasteiger partial charge is 0.394 e. The van der Waals surface area contributed by atoms with Gasteiger partial charge in [-0.1, -0.05) is 6.08 Å². The number of amides is 1. The van der Waals surface area contributed by atoms with Crippen LogP contribution in [0.15, 0.2) is 12.7 Å². The molecule has 0 saturated carbocycles. The van der Waals surface area contributed by atoms with Crippen molar-refractivity contribution in [2.45, 2.75) is 75.2 Å². The second-order valence-corrected chi connectivity index (χ2v) is 8.39. The zero-order valence-electron chi connectivity index (χ0n) is 17.4. The van der Waals surface area contributed by atoms with E-state index >= 15 is 0 Å². The zero-order valence-corrected chi connectivity index (χ0v) is 18.2. The monoisotopic (exact) mass is 487 g/mol. The van der Waals surface area contributed by atoms with Gasteiger partial charge in [0.1, 0.15) is 42.7 Å². The van der Waals surface area contributed by atoms with Crippen LogP contribution in [0.25, 0.3) is 0 Å². The molecule has 2 fully saturated rings. The van der Waals surface area contributed by atoms with Crippen LogP contribution in [0.4, 0.5) is 0 Å². The summed E-state index contributed by atoms with van der Waals surface area (Å²) in [5.74, 6) is -0.709. The molecule has 0 aliphatic carbocycles. The molecule has 0 radical (unpaired) electrons. The van der Waals surface area contributed by atoms with E-state index in [-0.39, 0.29) is 6.61 Å². The number of aliphatic hydroxyl groups excluding tert-OH is 4. The van der Waals surface area contributed by atoms with Gasteiger partial charge in [0.15, 0.2) is 12.6 Å². The van der Waals surface area contributed by atoms with Gasteiger partial charge < -0.3 is 44.7 Å². The molecule has 1 amide bonds. The Balaban J connectivity index is 2.35. The van der Waals surface area contributed by atoms with Gasteiger partial charge in [-0.15, -0.1) is 6.58 Å². The minimum absolute atomic E-state index is 0.00869. The van der Waals surface area contributed by atoms with Crippen LogP contribution < -0.4 is 5.32 Å². The van der Waals surface area contributed by atoms with E-state index in [1.165, 1.54) is 13.0 Å². The number of aliphatic hydroxyl groups is 4. The lowest BCUT2D eigenvalue weighted by Crippen LogP contribution is -2.68. The molecule has 15 heteroatoms. The van der Waals surface area contributed by atoms with Gasteiger partial charge in [0.25, 0.3) is 0 Å². The fraction of sp³-hybridized carbons (Fsp3) is 0.824. The first-order valence-corrected chi connectivity index (χ1v) is 11.0. The number of hydrogen-bond acceptors (Lipinski definition) is 12. The second kappa shape index (κ2) is 11.3. The summed E-state index contributed by atoms with van der Waals surface area (Å²) >= 11 is 0. The molecule has 2 heterocycles. The summed E-state index contributed by atoms with van der Waals surface area (Å²) in [6, 6.07) is -1.54. The van der Waals surface area contributed by atoms with Crippen molar-refractivity contribution in [2.75, 3.05) is 13.2 Å². The molecule has 186 valence electrons. The Morgan fingerprint density at radius 2 is 1.78 bits per heavy atom. The van der Waals surface area contributed by atoms with Crippen LogP contribution in [-0.2, 0) is 38.3 Å². The topological polar surface area (TPSA) is 211 Å². The Hall–Kier alpha value is -1.24. The molecule has 2 rings (SSSR count). The number of ether oxygens (including phenoxy) is 4. The van der Waals surface area contributed by atoms with Crippen molar-refractivity contribution in [2.24, 2.45) is 0 Å². The Labute approximate surface area is 184 Å². The fourth-order valence-corrected chi connectivity index (χ4v) is 3.95. The van der Waals surface area contributed by atoms with Crippen molar-refractivity contribution in [1.82, 2.24) is 5.32 Å². The molecule has 0 bridgehead atoms. The molecule has 2 aliphatic heterocycles. The molecule has 6 N–H and O–H groups in total. The molecule has 0 spiro atoms. The summed E-state index contributed by atoms with van der Waals surface area (Å²) in [4.78, 5) is 11.7. The van der Waals surface area contributed by atoms with Crippen molar-refractivity contribution >= 4 is 16.3 Å². The quantitative estimate of drug-likeness (QED) is 0.140. The number of carbonyl (C=O) groups is 1. The highest BCUT2D eigenvalue weighted by atomic mass is 32.3. The predicted molar refractivity (Wildman–Crippen MR) is 103 cm³/mol. The maximum atomic E-state index is 11.7. The van der Waals surface area contributed by atoms with E-state index in [1.807, 2.05) is 0 Å². The standard InChI is InChI=1S/C17H29NO13S/c1-4-5-27-17-13(23)15(11(21)7(2)28-17)30-16-10(18-8(3)20)14(31-32(24,25)26)12(22)9(6-19)29-16/h4,7,9-17,19,21-23H,1,5-6H2,2-3H3,(H,18,20)(H,24,25,26)/t7-,9+,10+,11+,12+,13-,14+,15+,16-,17-/m0/s1. The van der Waals surface area contributed by atoms with E-state index in [9.17, 15) is 33.6 Å². The van der Waals surface area contributed by atoms with Gasteiger partial charge in [-0.2, -0.15) is 8.42 Å². The molecule has 0 aromatic carbocycles. The van der Waals surface area contributed by atoms with Crippen LogP contribution in [-0.4, -0.2) is 114 Å². The summed E-state index contributed by atoms with van der Waals surface area (Å²) in [5, 5.41) is 43.2. The van der Waals surface area contributed by atoms with Crippen LogP contribution in [0.1, 0.15) is 13.8 Å². The van der Waals surface area contributed by atoms with E-state index in [0.29, 0.717) is 0 Å². The van der Waals surface area contributed by atoms with Crippen molar-refractivity contribution in [1.29, 1.82) is 0 Å². The predicted octanol–water partition coefficient (Wildman–Crippen LogP) is -3.19. The Kier molecular flexibility index (Phi) is 9.50. The molecule has 2 aliphatic rings. The van der Waals surface area contributed by atoms with Crippen LogP contribution in [0, 0.1) is 0 Å². The van der Waals surface area contributed by atoms with E-state index < -0.39 is 84.3 Å². The highest BCUT2D eigenvalue weighted by Gasteiger charge is 2.52. The third kappa shape index (κ3) is 6.64. The molecule has 0 aromatic heterocycles.